The van der Waals surface area contributed by atoms with Crippen molar-refractivity contribution in [1.82, 2.24) is 29.5 Å². The van der Waals surface area contributed by atoms with Crippen molar-refractivity contribution in [2.24, 2.45) is 7.05 Å². The zero-order chi connectivity index (χ0) is 15.5. The smallest absolute Gasteiger partial charge is 0.199 e. The number of hydrogen-bond donors (Lipinski definition) is 1. The minimum absolute atomic E-state index is 0.317. The predicted octanol–water partition coefficient (Wildman–Crippen LogP) is 2.95. The molecule has 3 aromatic heterocycles. The van der Waals surface area contributed by atoms with Gasteiger partial charge in [-0.15, -0.1) is 0 Å². The van der Waals surface area contributed by atoms with Crippen LogP contribution < -0.4 is 0 Å². The van der Waals surface area contributed by atoms with Crippen molar-refractivity contribution in [1.29, 1.82) is 0 Å². The Bertz CT molecular complexity index is 867. The number of halogens is 1. The molecule has 1 N–H and O–H groups in total. The van der Waals surface area contributed by atoms with E-state index in [0.29, 0.717) is 33.8 Å². The third kappa shape index (κ3) is 2.81. The van der Waals surface area contributed by atoms with Gasteiger partial charge in [0.2, 0.25) is 0 Å². The maximum Gasteiger partial charge on any atom is 0.199 e. The topological polar surface area (TPSA) is 72.3 Å². The third-order valence-electron chi connectivity index (χ3n) is 3.19. The lowest BCUT2D eigenvalue weighted by Crippen LogP contribution is -1.98. The average molecular weight is 315 g/mol. The van der Waals surface area contributed by atoms with E-state index in [1.165, 1.54) is 0 Å². The fourth-order valence-corrected chi connectivity index (χ4v) is 2.23. The molecule has 0 saturated heterocycles. The van der Waals surface area contributed by atoms with Crippen LogP contribution in [0.1, 0.15) is 32.0 Å². The number of rotatable bonds is 3. The molecular formula is C15H15ClN6. The Morgan fingerprint density at radius 3 is 2.91 bits per heavy atom. The fourth-order valence-electron chi connectivity index (χ4n) is 2.01. The van der Waals surface area contributed by atoms with E-state index in [1.54, 1.807) is 6.20 Å². The lowest BCUT2D eigenvalue weighted by Gasteiger charge is -2.00. The van der Waals surface area contributed by atoms with Gasteiger partial charge in [0, 0.05) is 25.9 Å². The Labute approximate surface area is 133 Å². The van der Waals surface area contributed by atoms with Crippen molar-refractivity contribution in [3.05, 3.63) is 23.4 Å². The van der Waals surface area contributed by atoms with Crippen molar-refractivity contribution in [2.45, 2.75) is 26.2 Å². The van der Waals surface area contributed by atoms with Crippen LogP contribution in [-0.2, 0) is 7.05 Å². The quantitative estimate of drug-likeness (QED) is 0.458. The highest BCUT2D eigenvalue weighted by Gasteiger charge is 2.14. The first-order chi connectivity index (χ1) is 10.7. The summed E-state index contributed by atoms with van der Waals surface area (Å²) < 4.78 is 1.83. The summed E-state index contributed by atoms with van der Waals surface area (Å²) in [4.78, 5) is 20.3. The molecule has 0 unspecified atom stereocenters. The standard InChI is InChI=1S/C15H15ClN6/c1-3-4-5-6-7-10-18-11-12(16)20-14(21-13(11)19-10)15-17-8-9-22(15)2/h8-9H,3-5H2,1-2H3,(H,18,19,20,21). The van der Waals surface area contributed by atoms with Gasteiger partial charge < -0.3 is 9.55 Å². The van der Waals surface area contributed by atoms with Gasteiger partial charge in [-0.05, 0) is 12.3 Å². The molecule has 3 aromatic rings. The molecule has 0 aliphatic carbocycles. The van der Waals surface area contributed by atoms with Crippen molar-refractivity contribution >= 4 is 22.8 Å². The zero-order valence-corrected chi connectivity index (χ0v) is 13.1. The van der Waals surface area contributed by atoms with Crippen LogP contribution >= 0.6 is 11.6 Å². The van der Waals surface area contributed by atoms with E-state index < -0.39 is 0 Å². The summed E-state index contributed by atoms with van der Waals surface area (Å²) in [5.41, 5.74) is 1.09. The summed E-state index contributed by atoms with van der Waals surface area (Å²) in [5, 5.41) is 0.317. The lowest BCUT2D eigenvalue weighted by molar-refractivity contribution is 0.828. The van der Waals surface area contributed by atoms with Gasteiger partial charge in [0.05, 0.1) is 0 Å². The highest BCUT2D eigenvalue weighted by molar-refractivity contribution is 6.33. The second kappa shape index (κ2) is 6.16. The average Bonchev–Trinajstić information content (AvgIpc) is 3.09. The molecule has 0 fully saturated rings. The van der Waals surface area contributed by atoms with E-state index in [-0.39, 0.29) is 0 Å². The molecule has 0 aliphatic rings. The lowest BCUT2D eigenvalue weighted by atomic mass is 10.2. The molecule has 0 amide bonds. The van der Waals surface area contributed by atoms with Crippen LogP contribution in [0, 0.1) is 11.8 Å². The molecule has 3 heterocycles. The van der Waals surface area contributed by atoms with E-state index in [9.17, 15) is 0 Å². The molecule has 22 heavy (non-hydrogen) atoms. The van der Waals surface area contributed by atoms with Crippen LogP contribution in [0.15, 0.2) is 12.4 Å². The monoisotopic (exact) mass is 314 g/mol. The second-order valence-corrected chi connectivity index (χ2v) is 5.25. The SMILES string of the molecule is CCCCC#Cc1nc2nc(-c3nccn3C)nc(Cl)c2[nH]1. The van der Waals surface area contributed by atoms with Crippen LogP contribution in [0.5, 0.6) is 0 Å². The van der Waals surface area contributed by atoms with Crippen LogP contribution in [0.3, 0.4) is 0 Å². The van der Waals surface area contributed by atoms with Gasteiger partial charge in [-0.2, -0.15) is 0 Å². The molecule has 0 bridgehead atoms. The Balaban J connectivity index is 1.99. The number of fused-ring (bicyclic) bond motifs is 1. The molecule has 0 saturated carbocycles. The van der Waals surface area contributed by atoms with Gasteiger partial charge in [0.1, 0.15) is 5.52 Å². The van der Waals surface area contributed by atoms with Crippen LogP contribution in [0.25, 0.3) is 22.8 Å². The number of unbranched alkanes of at least 4 members (excludes halogenated alkanes) is 2. The van der Waals surface area contributed by atoms with Gasteiger partial charge in [0.15, 0.2) is 28.3 Å². The largest absolute Gasteiger partial charge is 0.331 e. The number of imidazole rings is 2. The predicted molar refractivity (Wildman–Crippen MR) is 85.3 cm³/mol. The van der Waals surface area contributed by atoms with Crippen molar-refractivity contribution in [3.63, 3.8) is 0 Å². The fraction of sp³-hybridized carbons (Fsp3) is 0.333. The van der Waals surface area contributed by atoms with Crippen LogP contribution in [0.4, 0.5) is 0 Å². The highest BCUT2D eigenvalue weighted by Crippen LogP contribution is 2.22. The van der Waals surface area contributed by atoms with Crippen molar-refractivity contribution in [3.8, 4) is 23.5 Å². The first-order valence-electron chi connectivity index (χ1n) is 7.09. The summed E-state index contributed by atoms with van der Waals surface area (Å²) in [6, 6.07) is 0. The van der Waals surface area contributed by atoms with Crippen LogP contribution in [0.2, 0.25) is 5.15 Å². The molecule has 0 radical (unpaired) electrons. The van der Waals surface area contributed by atoms with Gasteiger partial charge in [-0.1, -0.05) is 30.9 Å². The Hall–Kier alpha value is -2.39. The van der Waals surface area contributed by atoms with E-state index >= 15 is 0 Å². The number of hydrogen-bond acceptors (Lipinski definition) is 4. The third-order valence-corrected chi connectivity index (χ3v) is 3.46. The Morgan fingerprint density at radius 1 is 1.32 bits per heavy atom. The molecule has 0 spiro atoms. The first kappa shape index (κ1) is 14.5. The Kier molecular flexibility index (Phi) is 4.07. The molecule has 112 valence electrons. The number of nitrogens with one attached hydrogen (secondary N) is 1. The highest BCUT2D eigenvalue weighted by atomic mass is 35.5. The number of aromatic nitrogens is 6. The maximum atomic E-state index is 6.22. The number of H-pyrrole nitrogens is 1. The van der Waals surface area contributed by atoms with Crippen molar-refractivity contribution < 1.29 is 0 Å². The maximum absolute atomic E-state index is 6.22. The summed E-state index contributed by atoms with van der Waals surface area (Å²) in [5.74, 6) is 7.72. The summed E-state index contributed by atoms with van der Waals surface area (Å²) in [7, 11) is 1.87. The second-order valence-electron chi connectivity index (χ2n) is 4.89. The molecule has 3 rings (SSSR count). The van der Waals surface area contributed by atoms with Gasteiger partial charge in [-0.25, -0.2) is 19.9 Å². The molecule has 6 nitrogen and oxygen atoms in total. The zero-order valence-electron chi connectivity index (χ0n) is 12.4. The van der Waals surface area contributed by atoms with E-state index in [2.05, 4.69) is 43.7 Å². The summed E-state index contributed by atoms with van der Waals surface area (Å²) in [6.45, 7) is 2.14. The molecular weight excluding hydrogens is 300 g/mol. The Morgan fingerprint density at radius 2 is 2.18 bits per heavy atom. The van der Waals surface area contributed by atoms with E-state index in [1.807, 2.05) is 17.8 Å². The van der Waals surface area contributed by atoms with Gasteiger partial charge in [0.25, 0.3) is 0 Å². The number of aryl methyl sites for hydroxylation is 1. The minimum Gasteiger partial charge on any atom is -0.331 e. The number of aromatic amines is 1. The van der Waals surface area contributed by atoms with Crippen LogP contribution in [-0.4, -0.2) is 29.5 Å². The number of nitrogens with zero attached hydrogens (tertiary/aromatic N) is 5. The minimum atomic E-state index is 0.317. The molecule has 7 heteroatoms. The molecule has 0 aliphatic heterocycles. The molecule has 0 atom stereocenters. The van der Waals surface area contributed by atoms with E-state index in [4.69, 9.17) is 11.6 Å². The summed E-state index contributed by atoms with van der Waals surface area (Å²) >= 11 is 6.22. The van der Waals surface area contributed by atoms with Gasteiger partial charge in [-0.3, -0.25) is 0 Å². The first-order valence-corrected chi connectivity index (χ1v) is 7.46. The molecule has 0 aromatic carbocycles. The van der Waals surface area contributed by atoms with E-state index in [0.717, 1.165) is 19.3 Å². The van der Waals surface area contributed by atoms with Gasteiger partial charge >= 0.3 is 0 Å². The normalized spacial score (nSPS) is 10.7. The summed E-state index contributed by atoms with van der Waals surface area (Å²) in [6.07, 6.45) is 6.57. The van der Waals surface area contributed by atoms with Crippen molar-refractivity contribution in [2.75, 3.05) is 0 Å².